The van der Waals surface area contributed by atoms with Crippen LogP contribution < -0.4 is 12.4 Å². The van der Waals surface area contributed by atoms with E-state index in [4.69, 9.17) is 0 Å². The first-order chi connectivity index (χ1) is 15.7. The van der Waals surface area contributed by atoms with Crippen molar-refractivity contribution in [3.63, 3.8) is 0 Å². The Labute approximate surface area is 187 Å². The van der Waals surface area contributed by atoms with Crippen molar-refractivity contribution in [2.75, 3.05) is 0 Å². The molecule has 189 valence electrons. The summed E-state index contributed by atoms with van der Waals surface area (Å²) in [6.07, 6.45) is 0. The van der Waals surface area contributed by atoms with Crippen LogP contribution in [0.15, 0.2) is 0 Å². The standard InChI is InChI=1S/3C6F5.Ga.H2O/c3*7-2-1-3(8)5(10)6(11)4(2)9;;/h;;;;1H2/q;;;-1;. The Bertz CT molecular complexity index is 1120. The Balaban J connectivity index is 0.00000432. The molecule has 0 aromatic heterocycles. The summed E-state index contributed by atoms with van der Waals surface area (Å²) in [5.74, 6) is -44.4. The maximum atomic E-state index is 14.4. The third-order valence-electron chi connectivity index (χ3n) is 4.60. The summed E-state index contributed by atoms with van der Waals surface area (Å²) < 4.78 is 202. The summed E-state index contributed by atoms with van der Waals surface area (Å²) in [4.78, 5) is 0. The van der Waals surface area contributed by atoms with E-state index >= 15 is 0 Å². The van der Waals surface area contributed by atoms with E-state index < -0.39 is 116 Å². The molecule has 1 nitrogen and oxygen atoms in total. The van der Waals surface area contributed by atoms with Gasteiger partial charge in [0.15, 0.2) is 0 Å². The van der Waals surface area contributed by atoms with Gasteiger partial charge >= 0.3 is 182 Å². The Morgan fingerprint density at radius 3 is 0.486 bits per heavy atom. The normalized spacial score (nSPS) is 11.3. The van der Waals surface area contributed by atoms with Gasteiger partial charge in [-0.2, -0.15) is 0 Å². The zero-order chi connectivity index (χ0) is 26.0. The summed E-state index contributed by atoms with van der Waals surface area (Å²) in [6.45, 7) is 0. The molecule has 17 heteroatoms. The minimum Gasteiger partial charge on any atom is -0.412 e. The van der Waals surface area contributed by atoms with E-state index in [9.17, 15) is 65.9 Å². The van der Waals surface area contributed by atoms with Gasteiger partial charge in [-0.15, -0.1) is 0 Å². The van der Waals surface area contributed by atoms with Gasteiger partial charge in [-0.25, -0.2) is 0 Å². The maximum Gasteiger partial charge on any atom is -0.412 e. The van der Waals surface area contributed by atoms with E-state index in [1.165, 1.54) is 0 Å². The molecule has 3 rings (SSSR count). The topological polar surface area (TPSA) is 31.5 Å². The van der Waals surface area contributed by atoms with Gasteiger partial charge in [-0.3, -0.25) is 0 Å². The van der Waals surface area contributed by atoms with E-state index in [0.717, 1.165) is 0 Å². The van der Waals surface area contributed by atoms with Crippen LogP contribution in [-0.4, -0.2) is 21.7 Å². The fraction of sp³-hybridized carbons (Fsp3) is 0. The van der Waals surface area contributed by atoms with Gasteiger partial charge in [0, 0.05) is 0 Å². The first kappa shape index (κ1) is 28.4. The molecule has 0 spiro atoms. The molecule has 0 bridgehead atoms. The molecule has 0 atom stereocenters. The number of rotatable bonds is 3. The average molecular weight is 589 g/mol. The van der Waals surface area contributed by atoms with Gasteiger partial charge < -0.3 is 5.48 Å². The van der Waals surface area contributed by atoms with E-state index in [2.05, 4.69) is 0 Å². The SMILES string of the molecule is Fc1c(F)c(F)[c]([Ga-]([c]2c(F)c(F)c(F)c(F)c2F)[c]2c(F)c(F)c(F)c(F)c2F)c(F)c1F.O. The van der Waals surface area contributed by atoms with Crippen molar-refractivity contribution in [3.8, 4) is 0 Å². The fourth-order valence-electron chi connectivity index (χ4n) is 3.06. The quantitative estimate of drug-likeness (QED) is 0.194. The Morgan fingerprint density at radius 1 is 0.229 bits per heavy atom. The molecule has 2 N–H and O–H groups in total. The van der Waals surface area contributed by atoms with Gasteiger partial charge in [-0.1, -0.05) is 0 Å². The van der Waals surface area contributed by atoms with Gasteiger partial charge in [0.05, 0.1) is 0 Å². The third-order valence-corrected chi connectivity index (χ3v) is 11.4. The second-order valence-electron chi connectivity index (χ2n) is 6.38. The molecular formula is C18H2F15GaO-. The van der Waals surface area contributed by atoms with Crippen LogP contribution in [0.3, 0.4) is 0 Å². The van der Waals surface area contributed by atoms with Crippen molar-refractivity contribution in [2.24, 2.45) is 0 Å². The van der Waals surface area contributed by atoms with Crippen LogP contribution in [0.25, 0.3) is 0 Å². The summed E-state index contributed by atoms with van der Waals surface area (Å²) in [5.41, 5.74) is 0. The monoisotopic (exact) mass is 588 g/mol. The van der Waals surface area contributed by atoms with Crippen LogP contribution in [0.5, 0.6) is 0 Å². The predicted molar refractivity (Wildman–Crippen MR) is 87.0 cm³/mol. The molecule has 0 saturated carbocycles. The van der Waals surface area contributed by atoms with Crippen molar-refractivity contribution in [1.29, 1.82) is 0 Å². The molecule has 0 saturated heterocycles. The van der Waals surface area contributed by atoms with Crippen molar-refractivity contribution >= 4 is 28.6 Å². The number of hydrogen-bond donors (Lipinski definition) is 0. The molecule has 0 fully saturated rings. The zero-order valence-corrected chi connectivity index (χ0v) is 18.2. The van der Waals surface area contributed by atoms with E-state index in [-0.39, 0.29) is 5.48 Å². The molecule has 3 aromatic carbocycles. The number of halogens is 15. The molecule has 0 aliphatic carbocycles. The van der Waals surface area contributed by atoms with Crippen LogP contribution in [0.2, 0.25) is 0 Å². The van der Waals surface area contributed by atoms with Crippen LogP contribution >= 0.6 is 0 Å². The van der Waals surface area contributed by atoms with E-state index in [0.29, 0.717) is 0 Å². The molecule has 35 heavy (non-hydrogen) atoms. The molecule has 0 heterocycles. The predicted octanol–water partition coefficient (Wildman–Crippen LogP) is 3.46. The fourth-order valence-corrected chi connectivity index (χ4v) is 9.66. The first-order valence-corrected chi connectivity index (χ1v) is 11.8. The third kappa shape index (κ3) is 4.04. The Morgan fingerprint density at radius 2 is 0.343 bits per heavy atom. The van der Waals surface area contributed by atoms with Crippen LogP contribution in [0.1, 0.15) is 0 Å². The molecular weight excluding hydrogens is 587 g/mol. The second-order valence-corrected chi connectivity index (χ2v) is 11.8. The van der Waals surface area contributed by atoms with Crippen molar-refractivity contribution < 1.29 is 71.3 Å². The molecule has 0 aliphatic heterocycles. The molecule has 0 amide bonds. The van der Waals surface area contributed by atoms with E-state index in [1.807, 2.05) is 0 Å². The summed E-state index contributed by atoms with van der Waals surface area (Å²) in [7, 11) is 0. The minimum atomic E-state index is -6.67. The largest absolute Gasteiger partial charge is 0.412 e. The molecule has 0 aliphatic rings. The van der Waals surface area contributed by atoms with Crippen molar-refractivity contribution in [3.05, 3.63) is 87.3 Å². The van der Waals surface area contributed by atoms with Crippen LogP contribution in [-0.2, 0) is 0 Å². The summed E-state index contributed by atoms with van der Waals surface area (Å²) in [5, 5.41) is 0. The summed E-state index contributed by atoms with van der Waals surface area (Å²) in [6, 6.07) is 0. The minimum absolute atomic E-state index is 0. The van der Waals surface area contributed by atoms with E-state index in [1.54, 1.807) is 0 Å². The second kappa shape index (κ2) is 9.69. The molecule has 0 unspecified atom stereocenters. The average Bonchev–Trinajstić information content (AvgIpc) is 2.81. The van der Waals surface area contributed by atoms with Gasteiger partial charge in [0.1, 0.15) is 0 Å². The Hall–Kier alpha value is -2.79. The molecule has 3 aromatic rings. The summed E-state index contributed by atoms with van der Waals surface area (Å²) >= 11 is -6.67. The van der Waals surface area contributed by atoms with Gasteiger partial charge in [0.25, 0.3) is 0 Å². The number of benzene rings is 3. The first-order valence-electron chi connectivity index (χ1n) is 8.20. The molecule has 1 radical (unpaired) electrons. The zero-order valence-electron chi connectivity index (χ0n) is 15.7. The van der Waals surface area contributed by atoms with Crippen molar-refractivity contribution in [2.45, 2.75) is 0 Å². The van der Waals surface area contributed by atoms with Crippen LogP contribution in [0.4, 0.5) is 65.9 Å². The Kier molecular flexibility index (Phi) is 7.88. The maximum absolute atomic E-state index is 14.4. The smallest absolute Gasteiger partial charge is 0.412 e. The van der Waals surface area contributed by atoms with Gasteiger partial charge in [0.2, 0.25) is 0 Å². The van der Waals surface area contributed by atoms with Gasteiger partial charge in [-0.05, 0) is 0 Å². The van der Waals surface area contributed by atoms with Crippen molar-refractivity contribution in [1.82, 2.24) is 0 Å². The number of hydrogen-bond acceptors (Lipinski definition) is 0. The van der Waals surface area contributed by atoms with Crippen LogP contribution in [0, 0.1) is 87.3 Å².